The molecular weight excluding hydrogens is 448 g/mol. The van der Waals surface area contributed by atoms with Gasteiger partial charge in [0.1, 0.15) is 17.6 Å². The second-order valence-electron chi connectivity index (χ2n) is 9.07. The lowest BCUT2D eigenvalue weighted by Crippen LogP contribution is -2.57. The van der Waals surface area contributed by atoms with E-state index in [1.165, 1.54) is 0 Å². The molecule has 8 nitrogen and oxygen atoms in total. The van der Waals surface area contributed by atoms with Crippen molar-refractivity contribution in [2.75, 3.05) is 19.8 Å². The molecule has 2 aromatic rings. The van der Waals surface area contributed by atoms with Crippen LogP contribution in [0.25, 0.3) is 0 Å². The van der Waals surface area contributed by atoms with E-state index in [0.29, 0.717) is 32.4 Å². The lowest BCUT2D eigenvalue weighted by Gasteiger charge is -2.44. The Morgan fingerprint density at radius 2 is 1.80 bits per heavy atom. The molecule has 2 fully saturated rings. The van der Waals surface area contributed by atoms with Gasteiger partial charge in [0.25, 0.3) is 0 Å². The third kappa shape index (κ3) is 7.04. The summed E-state index contributed by atoms with van der Waals surface area (Å²) in [6.45, 7) is 2.95. The first-order valence-corrected chi connectivity index (χ1v) is 12.3. The second kappa shape index (κ2) is 12.2. The van der Waals surface area contributed by atoms with Crippen LogP contribution in [0.5, 0.6) is 11.5 Å². The molecule has 0 aromatic heterocycles. The molecule has 35 heavy (non-hydrogen) atoms. The molecule has 2 heterocycles. The van der Waals surface area contributed by atoms with Crippen LogP contribution in [-0.2, 0) is 25.6 Å². The van der Waals surface area contributed by atoms with Crippen molar-refractivity contribution in [3.63, 3.8) is 0 Å². The maximum Gasteiger partial charge on any atom is 0.222 e. The van der Waals surface area contributed by atoms with Crippen molar-refractivity contribution in [2.45, 2.75) is 63.5 Å². The summed E-state index contributed by atoms with van der Waals surface area (Å²) in [5, 5.41) is 13.1. The highest BCUT2D eigenvalue weighted by molar-refractivity contribution is 5.77. The van der Waals surface area contributed by atoms with Gasteiger partial charge in [0.2, 0.25) is 11.8 Å². The minimum absolute atomic E-state index is 0.000861. The van der Waals surface area contributed by atoms with Gasteiger partial charge in [-0.3, -0.25) is 9.59 Å². The fraction of sp³-hybridized carbons (Fsp3) is 0.481. The van der Waals surface area contributed by atoms with Gasteiger partial charge in [0, 0.05) is 19.5 Å². The van der Waals surface area contributed by atoms with Gasteiger partial charge in [-0.05, 0) is 42.7 Å². The van der Waals surface area contributed by atoms with Crippen LogP contribution in [0.15, 0.2) is 54.6 Å². The quantitative estimate of drug-likeness (QED) is 0.630. The number of carbonyl (C=O) groups excluding carboxylic acids is 2. The number of hydrogen-bond donors (Lipinski definition) is 2. The number of ether oxygens (including phenoxy) is 3. The molecule has 4 atom stereocenters. The number of hydrogen-bond acceptors (Lipinski definition) is 6. The molecule has 8 heteroatoms. The van der Waals surface area contributed by atoms with Crippen LogP contribution in [0, 0.1) is 0 Å². The average Bonchev–Trinajstić information content (AvgIpc) is 2.86. The third-order valence-corrected chi connectivity index (χ3v) is 6.41. The molecule has 0 bridgehead atoms. The zero-order valence-corrected chi connectivity index (χ0v) is 20.1. The summed E-state index contributed by atoms with van der Waals surface area (Å²) in [6.07, 6.45) is 0.780. The number of fused-ring (bicyclic) bond motifs is 1. The van der Waals surface area contributed by atoms with Crippen LogP contribution < -0.4 is 10.1 Å². The molecule has 0 aliphatic carbocycles. The van der Waals surface area contributed by atoms with Crippen molar-refractivity contribution >= 4 is 11.8 Å². The molecule has 0 saturated carbocycles. The summed E-state index contributed by atoms with van der Waals surface area (Å²) in [5.41, 5.74) is 0.976. The predicted molar refractivity (Wildman–Crippen MR) is 130 cm³/mol. The first kappa shape index (κ1) is 25.2. The maximum atomic E-state index is 12.6. The van der Waals surface area contributed by atoms with Crippen molar-refractivity contribution in [2.24, 2.45) is 0 Å². The summed E-state index contributed by atoms with van der Waals surface area (Å²) < 4.78 is 17.6. The van der Waals surface area contributed by atoms with Crippen LogP contribution in [-0.4, -0.2) is 65.9 Å². The third-order valence-electron chi connectivity index (χ3n) is 6.41. The molecule has 0 unspecified atom stereocenters. The molecule has 4 rings (SSSR count). The van der Waals surface area contributed by atoms with Crippen LogP contribution in [0.2, 0.25) is 0 Å². The van der Waals surface area contributed by atoms with Gasteiger partial charge < -0.3 is 29.5 Å². The summed E-state index contributed by atoms with van der Waals surface area (Å²) in [7, 11) is 0. The Balaban J connectivity index is 1.25. The number of β-amino-alcohol motifs (C(OH)–C–C–N with tert-alkyl or cyclic N) is 1. The van der Waals surface area contributed by atoms with E-state index in [0.717, 1.165) is 17.1 Å². The highest BCUT2D eigenvalue weighted by Gasteiger charge is 2.39. The molecule has 2 N–H and O–H groups in total. The van der Waals surface area contributed by atoms with E-state index in [9.17, 15) is 14.7 Å². The molecular formula is C27H34N2O6. The standard InChI is InChI=1S/C27H34N2O6/c1-2-27(32)29-16-20(30)17-33-18-25-24(29)13-12-23(35-25)14-26(31)28-15-19-8-10-22(11-9-19)34-21-6-4-3-5-7-21/h3-11,20,23-25,30H,2,12-18H2,1H3,(H,28,31)/t20-,23-,24+,25-/m0/s1. The van der Waals surface area contributed by atoms with Gasteiger partial charge in [-0.2, -0.15) is 0 Å². The topological polar surface area (TPSA) is 97.3 Å². The Labute approximate surface area is 206 Å². The number of benzene rings is 2. The van der Waals surface area contributed by atoms with E-state index in [-0.39, 0.29) is 49.6 Å². The van der Waals surface area contributed by atoms with Gasteiger partial charge in [0.05, 0.1) is 37.9 Å². The van der Waals surface area contributed by atoms with Crippen molar-refractivity contribution in [3.8, 4) is 11.5 Å². The maximum absolute atomic E-state index is 12.6. The summed E-state index contributed by atoms with van der Waals surface area (Å²) in [5.74, 6) is 1.43. The number of nitrogens with one attached hydrogen (secondary N) is 1. The Morgan fingerprint density at radius 1 is 1.06 bits per heavy atom. The monoisotopic (exact) mass is 482 g/mol. The summed E-state index contributed by atoms with van der Waals surface area (Å²) in [6, 6.07) is 17.1. The summed E-state index contributed by atoms with van der Waals surface area (Å²) >= 11 is 0. The van der Waals surface area contributed by atoms with Gasteiger partial charge in [-0.15, -0.1) is 0 Å². The molecule has 188 valence electrons. The van der Waals surface area contributed by atoms with Crippen molar-refractivity contribution < 1.29 is 28.9 Å². The van der Waals surface area contributed by atoms with Crippen LogP contribution in [0.3, 0.4) is 0 Å². The average molecular weight is 483 g/mol. The second-order valence-corrected chi connectivity index (χ2v) is 9.07. The van der Waals surface area contributed by atoms with E-state index in [1.807, 2.05) is 61.5 Å². The highest BCUT2D eigenvalue weighted by atomic mass is 16.5. The van der Waals surface area contributed by atoms with E-state index in [4.69, 9.17) is 14.2 Å². The van der Waals surface area contributed by atoms with Gasteiger partial charge in [0.15, 0.2) is 0 Å². The minimum Gasteiger partial charge on any atom is -0.457 e. The Kier molecular flexibility index (Phi) is 8.74. The highest BCUT2D eigenvalue weighted by Crippen LogP contribution is 2.28. The number of amides is 2. The van der Waals surface area contributed by atoms with E-state index < -0.39 is 6.10 Å². The molecule has 2 saturated heterocycles. The smallest absolute Gasteiger partial charge is 0.222 e. The lowest BCUT2D eigenvalue weighted by molar-refractivity contribution is -0.169. The first-order valence-electron chi connectivity index (χ1n) is 12.3. The van der Waals surface area contributed by atoms with Crippen LogP contribution >= 0.6 is 0 Å². The van der Waals surface area contributed by atoms with Gasteiger partial charge in [-0.1, -0.05) is 37.3 Å². The number of nitrogens with zero attached hydrogens (tertiary/aromatic N) is 1. The SMILES string of the molecule is CCC(=O)N1C[C@H](O)COC[C@@H]2O[C@H](CC(=O)NCc3ccc(Oc4ccccc4)cc3)CC[C@H]21. The van der Waals surface area contributed by atoms with E-state index in [1.54, 1.807) is 4.90 Å². The van der Waals surface area contributed by atoms with Crippen molar-refractivity contribution in [3.05, 3.63) is 60.2 Å². The molecule has 2 aliphatic heterocycles. The lowest BCUT2D eigenvalue weighted by atomic mass is 9.94. The van der Waals surface area contributed by atoms with Crippen molar-refractivity contribution in [1.29, 1.82) is 0 Å². The predicted octanol–water partition coefficient (Wildman–Crippen LogP) is 3.03. The zero-order valence-electron chi connectivity index (χ0n) is 20.1. The van der Waals surface area contributed by atoms with Crippen LogP contribution in [0.4, 0.5) is 0 Å². The number of aliphatic hydroxyl groups is 1. The largest absolute Gasteiger partial charge is 0.457 e. The van der Waals surface area contributed by atoms with Gasteiger partial charge in [-0.25, -0.2) is 0 Å². The number of aliphatic hydroxyl groups excluding tert-OH is 1. The van der Waals surface area contributed by atoms with E-state index in [2.05, 4.69) is 5.32 Å². The Morgan fingerprint density at radius 3 is 2.54 bits per heavy atom. The number of rotatable bonds is 7. The molecule has 0 spiro atoms. The Bertz CT molecular complexity index is 967. The molecule has 2 aliphatic rings. The molecule has 2 amide bonds. The van der Waals surface area contributed by atoms with Crippen molar-refractivity contribution in [1.82, 2.24) is 10.2 Å². The first-order chi connectivity index (χ1) is 17.0. The van der Waals surface area contributed by atoms with Crippen LogP contribution in [0.1, 0.15) is 38.2 Å². The fourth-order valence-electron chi connectivity index (χ4n) is 4.61. The molecule has 2 aromatic carbocycles. The normalized spacial score (nSPS) is 24.6. The fourth-order valence-corrected chi connectivity index (χ4v) is 4.61. The molecule has 0 radical (unpaired) electrons. The summed E-state index contributed by atoms with van der Waals surface area (Å²) in [4.78, 5) is 26.8. The number of carbonyl (C=O) groups is 2. The Hall–Kier alpha value is -2.94. The van der Waals surface area contributed by atoms with E-state index >= 15 is 0 Å². The van der Waals surface area contributed by atoms with Gasteiger partial charge >= 0.3 is 0 Å². The minimum atomic E-state index is -0.700. The zero-order chi connectivity index (χ0) is 24.6. The number of para-hydroxylation sites is 1.